The minimum Gasteiger partial charge on any atom is -0.489 e. The van der Waals surface area contributed by atoms with Crippen molar-refractivity contribution in [1.82, 2.24) is 14.7 Å². The zero-order valence-electron chi connectivity index (χ0n) is 18.8. The predicted molar refractivity (Wildman–Crippen MR) is 120 cm³/mol. The van der Waals surface area contributed by atoms with Crippen LogP contribution in [0.1, 0.15) is 50.9 Å². The Morgan fingerprint density at radius 2 is 1.87 bits per heavy atom. The van der Waals surface area contributed by atoms with Gasteiger partial charge in [0.25, 0.3) is 5.91 Å². The number of ether oxygens (including phenoxy) is 1. The molecule has 3 rings (SSSR count). The van der Waals surface area contributed by atoms with Crippen LogP contribution in [0.5, 0.6) is 5.75 Å². The van der Waals surface area contributed by atoms with Gasteiger partial charge < -0.3 is 9.64 Å². The molecule has 5 heteroatoms. The molecule has 0 unspecified atom stereocenters. The number of rotatable bonds is 7. The third kappa shape index (κ3) is 4.73. The highest BCUT2D eigenvalue weighted by atomic mass is 16.5. The monoisotopic (exact) mass is 405 g/mol. The number of hydrogen-bond donors (Lipinski definition) is 0. The van der Waals surface area contributed by atoms with E-state index in [9.17, 15) is 4.79 Å². The van der Waals surface area contributed by atoms with Crippen LogP contribution in [-0.2, 0) is 19.7 Å². The zero-order valence-corrected chi connectivity index (χ0v) is 18.8. The highest BCUT2D eigenvalue weighted by molar-refractivity contribution is 5.94. The molecule has 30 heavy (non-hydrogen) atoms. The van der Waals surface area contributed by atoms with E-state index in [1.54, 1.807) is 4.90 Å². The lowest BCUT2D eigenvalue weighted by Gasteiger charge is -2.18. The average molecular weight is 406 g/mol. The minimum atomic E-state index is -0.00775. The molecule has 0 aliphatic carbocycles. The summed E-state index contributed by atoms with van der Waals surface area (Å²) >= 11 is 0. The number of carbonyl (C=O) groups excluding carboxylic acids is 1. The Morgan fingerprint density at radius 1 is 1.10 bits per heavy atom. The molecule has 0 atom stereocenters. The van der Waals surface area contributed by atoms with Crippen LogP contribution in [0.2, 0.25) is 0 Å². The molecule has 0 saturated heterocycles. The van der Waals surface area contributed by atoms with Crippen LogP contribution in [0.3, 0.4) is 0 Å². The molecule has 0 radical (unpaired) electrons. The Balaban J connectivity index is 1.71. The van der Waals surface area contributed by atoms with Crippen LogP contribution in [-0.4, -0.2) is 27.6 Å². The highest BCUT2D eigenvalue weighted by Gasteiger charge is 2.17. The number of aromatic nitrogens is 2. The van der Waals surface area contributed by atoms with Crippen molar-refractivity contribution in [1.29, 1.82) is 0 Å². The smallest absolute Gasteiger partial charge is 0.253 e. The lowest BCUT2D eigenvalue weighted by Crippen LogP contribution is -2.26. The molecular formula is C25H31N3O2. The van der Waals surface area contributed by atoms with Crippen molar-refractivity contribution in [3.05, 3.63) is 81.7 Å². The zero-order chi connectivity index (χ0) is 21.8. The Morgan fingerprint density at radius 3 is 2.57 bits per heavy atom. The van der Waals surface area contributed by atoms with E-state index in [1.165, 1.54) is 0 Å². The van der Waals surface area contributed by atoms with Crippen LogP contribution in [0, 0.1) is 27.7 Å². The third-order valence-corrected chi connectivity index (χ3v) is 5.48. The van der Waals surface area contributed by atoms with Gasteiger partial charge in [0.05, 0.1) is 5.69 Å². The Hall–Kier alpha value is -3.08. The fourth-order valence-corrected chi connectivity index (χ4v) is 3.62. The third-order valence-electron chi connectivity index (χ3n) is 5.48. The van der Waals surface area contributed by atoms with Gasteiger partial charge >= 0.3 is 0 Å². The summed E-state index contributed by atoms with van der Waals surface area (Å²) in [5.74, 6) is 0.870. The molecule has 3 aromatic rings. The molecule has 5 nitrogen and oxygen atoms in total. The molecule has 2 aromatic carbocycles. The van der Waals surface area contributed by atoms with Crippen molar-refractivity contribution in [2.75, 3.05) is 7.05 Å². The maximum Gasteiger partial charge on any atom is 0.253 e. The fraction of sp³-hybridized carbons (Fsp3) is 0.360. The second-order valence-corrected chi connectivity index (χ2v) is 7.88. The summed E-state index contributed by atoms with van der Waals surface area (Å²) in [4.78, 5) is 14.8. The summed E-state index contributed by atoms with van der Waals surface area (Å²) in [5.41, 5.74) is 7.11. The number of nitrogens with zero attached hydrogens (tertiary/aromatic N) is 3. The maximum atomic E-state index is 13.0. The number of carbonyl (C=O) groups is 1. The van der Waals surface area contributed by atoms with Crippen molar-refractivity contribution in [3.63, 3.8) is 0 Å². The van der Waals surface area contributed by atoms with Gasteiger partial charge in [-0.2, -0.15) is 5.10 Å². The first-order valence-corrected chi connectivity index (χ1v) is 10.4. The molecule has 0 spiro atoms. The number of aryl methyl sites for hydroxylation is 4. The average Bonchev–Trinajstić information content (AvgIpc) is 3.01. The van der Waals surface area contributed by atoms with E-state index < -0.39 is 0 Å². The van der Waals surface area contributed by atoms with E-state index in [0.717, 1.165) is 45.9 Å². The molecule has 1 amide bonds. The molecule has 0 aliphatic rings. The number of amides is 1. The Bertz CT molecular complexity index is 1050. The van der Waals surface area contributed by atoms with Crippen LogP contribution < -0.4 is 4.74 Å². The Kier molecular flexibility index (Phi) is 6.60. The van der Waals surface area contributed by atoms with Crippen molar-refractivity contribution >= 4 is 5.91 Å². The summed E-state index contributed by atoms with van der Waals surface area (Å²) in [6, 6.07) is 13.8. The van der Waals surface area contributed by atoms with Gasteiger partial charge in [0.1, 0.15) is 12.4 Å². The molecule has 0 fully saturated rings. The molecule has 0 bridgehead atoms. The van der Waals surface area contributed by atoms with E-state index in [1.807, 2.05) is 55.9 Å². The van der Waals surface area contributed by atoms with Gasteiger partial charge in [-0.25, -0.2) is 0 Å². The first-order valence-electron chi connectivity index (χ1n) is 10.4. The number of hydrogen-bond acceptors (Lipinski definition) is 3. The summed E-state index contributed by atoms with van der Waals surface area (Å²) in [6.45, 7) is 12.0. The van der Waals surface area contributed by atoms with E-state index in [2.05, 4.69) is 38.0 Å². The normalized spacial score (nSPS) is 10.9. The standard InChI is InChI=1S/C25H31N3O2/c1-7-28-20(5)23(19(4)26-28)15-27(6)25(29)22-10-8-9-21(14-22)16-30-24-13-17(2)11-12-18(24)3/h8-14H,7,15-16H2,1-6H3. The lowest BCUT2D eigenvalue weighted by atomic mass is 10.1. The summed E-state index contributed by atoms with van der Waals surface area (Å²) < 4.78 is 7.99. The van der Waals surface area contributed by atoms with Crippen LogP contribution >= 0.6 is 0 Å². The lowest BCUT2D eigenvalue weighted by molar-refractivity contribution is 0.0784. The molecule has 158 valence electrons. The molecule has 1 aromatic heterocycles. The molecule has 0 saturated carbocycles. The second kappa shape index (κ2) is 9.16. The first kappa shape index (κ1) is 21.6. The minimum absolute atomic E-state index is 0.00775. The van der Waals surface area contributed by atoms with Crippen LogP contribution in [0.25, 0.3) is 0 Å². The predicted octanol–water partition coefficient (Wildman–Crippen LogP) is 4.99. The maximum absolute atomic E-state index is 13.0. The summed E-state index contributed by atoms with van der Waals surface area (Å²) in [5, 5.41) is 4.56. The van der Waals surface area contributed by atoms with Crippen molar-refractivity contribution in [3.8, 4) is 5.75 Å². The second-order valence-electron chi connectivity index (χ2n) is 7.88. The highest BCUT2D eigenvalue weighted by Crippen LogP contribution is 2.21. The first-order chi connectivity index (χ1) is 14.3. The molecule has 1 heterocycles. The van der Waals surface area contributed by atoms with E-state index >= 15 is 0 Å². The van der Waals surface area contributed by atoms with Gasteiger partial charge in [-0.1, -0.05) is 24.3 Å². The van der Waals surface area contributed by atoms with E-state index in [-0.39, 0.29) is 5.91 Å². The molecular weight excluding hydrogens is 374 g/mol. The van der Waals surface area contributed by atoms with Gasteiger partial charge in [-0.3, -0.25) is 9.48 Å². The Labute approximate surface area is 179 Å². The largest absolute Gasteiger partial charge is 0.489 e. The van der Waals surface area contributed by atoms with Gasteiger partial charge in [-0.15, -0.1) is 0 Å². The van der Waals surface area contributed by atoms with Gasteiger partial charge in [-0.05, 0) is 69.5 Å². The number of benzene rings is 2. The topological polar surface area (TPSA) is 47.4 Å². The summed E-state index contributed by atoms with van der Waals surface area (Å²) in [6.07, 6.45) is 0. The fourth-order valence-electron chi connectivity index (χ4n) is 3.62. The van der Waals surface area contributed by atoms with Crippen LogP contribution in [0.15, 0.2) is 42.5 Å². The van der Waals surface area contributed by atoms with Gasteiger partial charge in [0.2, 0.25) is 0 Å². The van der Waals surface area contributed by atoms with Gasteiger partial charge in [0.15, 0.2) is 0 Å². The SMILES string of the molecule is CCn1nc(C)c(CN(C)C(=O)c2cccc(COc3cc(C)ccc3C)c2)c1C. The van der Waals surface area contributed by atoms with Crippen molar-refractivity contribution in [2.45, 2.75) is 54.3 Å². The van der Waals surface area contributed by atoms with Gasteiger partial charge in [0, 0.05) is 37.0 Å². The quantitative estimate of drug-likeness (QED) is 0.556. The summed E-state index contributed by atoms with van der Waals surface area (Å²) in [7, 11) is 1.84. The van der Waals surface area contributed by atoms with Crippen molar-refractivity contribution in [2.24, 2.45) is 0 Å². The molecule has 0 N–H and O–H groups in total. The van der Waals surface area contributed by atoms with E-state index in [0.29, 0.717) is 18.7 Å². The molecule has 0 aliphatic heterocycles. The van der Waals surface area contributed by atoms with E-state index in [4.69, 9.17) is 4.74 Å². The van der Waals surface area contributed by atoms with Crippen molar-refractivity contribution < 1.29 is 9.53 Å². The van der Waals surface area contributed by atoms with Crippen LogP contribution in [0.4, 0.5) is 0 Å².